The van der Waals surface area contributed by atoms with E-state index in [1.54, 1.807) is 0 Å². The van der Waals surface area contributed by atoms with E-state index in [2.05, 4.69) is 20.3 Å². The van der Waals surface area contributed by atoms with Gasteiger partial charge in [-0.2, -0.15) is 4.52 Å². The van der Waals surface area contributed by atoms with E-state index in [9.17, 15) is 14.0 Å². The number of halogens is 2. The van der Waals surface area contributed by atoms with Gasteiger partial charge in [0.2, 0.25) is 16.0 Å². The van der Waals surface area contributed by atoms with Crippen molar-refractivity contribution in [1.29, 1.82) is 0 Å². The summed E-state index contributed by atoms with van der Waals surface area (Å²) in [5.74, 6) is -0.749. The standard InChI is InChI=1S/C20H21ClFN5O2S/c1-2-3-14-11-17(28)27-19(23-14)30-20(25-27)26-8-6-12(7-9-26)18(29)24-16-5-4-13(22)10-15(16)21/h4-5,10-12H,2-3,6-9H2,1H3,(H,24,29). The van der Waals surface area contributed by atoms with Gasteiger partial charge in [0.25, 0.3) is 5.56 Å². The van der Waals surface area contributed by atoms with Gasteiger partial charge in [-0.3, -0.25) is 9.59 Å². The van der Waals surface area contributed by atoms with Crippen LogP contribution in [0.5, 0.6) is 0 Å². The average Bonchev–Trinajstić information content (AvgIpc) is 3.15. The summed E-state index contributed by atoms with van der Waals surface area (Å²) in [7, 11) is 0. The molecule has 3 heterocycles. The normalized spacial score (nSPS) is 15.0. The van der Waals surface area contributed by atoms with Crippen LogP contribution in [0.3, 0.4) is 0 Å². The summed E-state index contributed by atoms with van der Waals surface area (Å²) < 4.78 is 14.5. The third-order valence-corrected chi connectivity index (χ3v) is 6.40. The van der Waals surface area contributed by atoms with Gasteiger partial charge in [-0.15, -0.1) is 5.10 Å². The lowest BCUT2D eigenvalue weighted by atomic mass is 9.96. The van der Waals surface area contributed by atoms with Crippen molar-refractivity contribution in [1.82, 2.24) is 14.6 Å². The van der Waals surface area contributed by atoms with Crippen molar-refractivity contribution in [3.05, 3.63) is 51.2 Å². The molecule has 0 spiro atoms. The number of rotatable bonds is 5. The number of anilines is 2. The Kier molecular flexibility index (Phi) is 6.01. The predicted molar refractivity (Wildman–Crippen MR) is 116 cm³/mol. The van der Waals surface area contributed by atoms with Crippen LogP contribution >= 0.6 is 22.9 Å². The van der Waals surface area contributed by atoms with Crippen molar-refractivity contribution in [3.8, 4) is 0 Å². The van der Waals surface area contributed by atoms with Crippen molar-refractivity contribution in [3.63, 3.8) is 0 Å². The molecule has 1 amide bonds. The first-order valence-electron chi connectivity index (χ1n) is 9.85. The number of nitrogens with zero attached hydrogens (tertiary/aromatic N) is 4. The molecular formula is C20H21ClFN5O2S. The molecule has 1 fully saturated rings. The number of benzene rings is 1. The Balaban J connectivity index is 1.42. The van der Waals surface area contributed by atoms with Crippen LogP contribution in [-0.2, 0) is 11.2 Å². The number of aryl methyl sites for hydroxylation is 1. The second-order valence-electron chi connectivity index (χ2n) is 7.29. The summed E-state index contributed by atoms with van der Waals surface area (Å²) in [6, 6.07) is 5.44. The van der Waals surface area contributed by atoms with Crippen molar-refractivity contribution >= 4 is 44.6 Å². The molecule has 1 aliphatic heterocycles. The summed E-state index contributed by atoms with van der Waals surface area (Å²) in [4.78, 5) is 32.1. The minimum Gasteiger partial charge on any atom is -0.347 e. The van der Waals surface area contributed by atoms with Gasteiger partial charge in [-0.25, -0.2) is 9.37 Å². The van der Waals surface area contributed by atoms with Crippen LogP contribution in [-0.4, -0.2) is 33.6 Å². The number of fused-ring (bicyclic) bond motifs is 1. The van der Waals surface area contributed by atoms with Gasteiger partial charge in [-0.1, -0.05) is 36.3 Å². The fourth-order valence-corrected chi connectivity index (χ4v) is 4.71. The Morgan fingerprint density at radius 1 is 1.33 bits per heavy atom. The lowest BCUT2D eigenvalue weighted by Crippen LogP contribution is -2.38. The minimum absolute atomic E-state index is 0.130. The van der Waals surface area contributed by atoms with Gasteiger partial charge in [0, 0.05) is 30.8 Å². The summed E-state index contributed by atoms with van der Waals surface area (Å²) in [6.07, 6.45) is 2.97. The first-order valence-corrected chi connectivity index (χ1v) is 11.0. The van der Waals surface area contributed by atoms with Crippen LogP contribution < -0.4 is 15.8 Å². The number of hydrogen-bond donors (Lipinski definition) is 1. The van der Waals surface area contributed by atoms with Crippen LogP contribution in [0, 0.1) is 11.7 Å². The molecule has 0 bridgehead atoms. The Hall–Kier alpha value is -2.52. The fraction of sp³-hybridized carbons (Fsp3) is 0.400. The van der Waals surface area contributed by atoms with Crippen LogP contribution in [0.25, 0.3) is 4.96 Å². The van der Waals surface area contributed by atoms with E-state index in [0.29, 0.717) is 36.6 Å². The van der Waals surface area contributed by atoms with E-state index in [1.165, 1.54) is 40.1 Å². The van der Waals surface area contributed by atoms with Crippen LogP contribution in [0.15, 0.2) is 29.1 Å². The minimum atomic E-state index is -0.447. The van der Waals surface area contributed by atoms with Crippen LogP contribution in [0.1, 0.15) is 31.9 Å². The molecule has 7 nitrogen and oxygen atoms in total. The molecule has 1 saturated heterocycles. The Bertz CT molecular complexity index is 1140. The van der Waals surface area contributed by atoms with Gasteiger partial charge in [-0.05, 0) is 37.5 Å². The molecule has 0 atom stereocenters. The third kappa shape index (κ3) is 4.32. The zero-order valence-corrected chi connectivity index (χ0v) is 18.0. The van der Waals surface area contributed by atoms with E-state index in [1.807, 2.05) is 6.92 Å². The third-order valence-electron chi connectivity index (χ3n) is 5.12. The molecule has 2 aromatic heterocycles. The van der Waals surface area contributed by atoms with Gasteiger partial charge in [0.1, 0.15) is 5.82 Å². The lowest BCUT2D eigenvalue weighted by Gasteiger charge is -2.30. The van der Waals surface area contributed by atoms with Gasteiger partial charge in [0.15, 0.2) is 0 Å². The first-order chi connectivity index (χ1) is 14.4. The Morgan fingerprint density at radius 3 is 2.80 bits per heavy atom. The fourth-order valence-electron chi connectivity index (χ4n) is 3.52. The summed E-state index contributed by atoms with van der Waals surface area (Å²) in [6.45, 7) is 3.34. The predicted octanol–water partition coefficient (Wildman–Crippen LogP) is 3.75. The molecular weight excluding hydrogens is 429 g/mol. The molecule has 0 saturated carbocycles. The Morgan fingerprint density at radius 2 is 2.10 bits per heavy atom. The van der Waals surface area contributed by atoms with Crippen molar-refractivity contribution in [2.45, 2.75) is 32.6 Å². The summed E-state index contributed by atoms with van der Waals surface area (Å²) in [5.41, 5.74) is 1.02. The molecule has 1 aromatic carbocycles. The molecule has 0 aliphatic carbocycles. The number of piperidine rings is 1. The topological polar surface area (TPSA) is 79.6 Å². The average molecular weight is 450 g/mol. The molecule has 4 rings (SSSR count). The highest BCUT2D eigenvalue weighted by atomic mass is 35.5. The van der Waals surface area contributed by atoms with Crippen molar-refractivity contribution in [2.24, 2.45) is 5.92 Å². The largest absolute Gasteiger partial charge is 0.347 e. The van der Waals surface area contributed by atoms with Crippen molar-refractivity contribution in [2.75, 3.05) is 23.3 Å². The number of carbonyl (C=O) groups excluding carboxylic acids is 1. The SMILES string of the molecule is CCCc1cc(=O)n2nc(N3CCC(C(=O)Nc4ccc(F)cc4Cl)CC3)sc2n1. The van der Waals surface area contributed by atoms with Crippen LogP contribution in [0.2, 0.25) is 5.02 Å². The first kappa shape index (κ1) is 20.7. The van der Waals surface area contributed by atoms with E-state index < -0.39 is 5.82 Å². The summed E-state index contributed by atoms with van der Waals surface area (Å²) >= 11 is 7.38. The van der Waals surface area contributed by atoms with Crippen LogP contribution in [0.4, 0.5) is 15.2 Å². The smallest absolute Gasteiger partial charge is 0.275 e. The van der Waals surface area contributed by atoms with E-state index in [-0.39, 0.29) is 22.4 Å². The quantitative estimate of drug-likeness (QED) is 0.641. The maximum atomic E-state index is 13.2. The number of aromatic nitrogens is 3. The Labute approximate surface area is 181 Å². The highest BCUT2D eigenvalue weighted by Gasteiger charge is 2.27. The summed E-state index contributed by atoms with van der Waals surface area (Å²) in [5, 5.41) is 8.12. The van der Waals surface area contributed by atoms with E-state index in [0.717, 1.165) is 23.7 Å². The molecule has 1 aliphatic rings. The van der Waals surface area contributed by atoms with Crippen molar-refractivity contribution < 1.29 is 9.18 Å². The van der Waals surface area contributed by atoms with Gasteiger partial charge in [0.05, 0.1) is 10.7 Å². The molecule has 0 unspecified atom stereocenters. The number of amides is 1. The monoisotopic (exact) mass is 449 g/mol. The molecule has 10 heteroatoms. The lowest BCUT2D eigenvalue weighted by molar-refractivity contribution is -0.120. The maximum absolute atomic E-state index is 13.2. The molecule has 0 radical (unpaired) electrons. The van der Waals surface area contributed by atoms with E-state index in [4.69, 9.17) is 11.6 Å². The van der Waals surface area contributed by atoms with Gasteiger partial charge < -0.3 is 10.2 Å². The number of hydrogen-bond acceptors (Lipinski definition) is 6. The van der Waals surface area contributed by atoms with E-state index >= 15 is 0 Å². The molecule has 1 N–H and O–H groups in total. The number of nitrogens with one attached hydrogen (secondary N) is 1. The maximum Gasteiger partial charge on any atom is 0.275 e. The number of carbonyl (C=O) groups is 1. The second-order valence-corrected chi connectivity index (χ2v) is 8.63. The molecule has 3 aromatic rings. The highest BCUT2D eigenvalue weighted by molar-refractivity contribution is 7.20. The van der Waals surface area contributed by atoms with Gasteiger partial charge >= 0.3 is 0 Å². The highest BCUT2D eigenvalue weighted by Crippen LogP contribution is 2.29. The second kappa shape index (κ2) is 8.69. The zero-order valence-electron chi connectivity index (χ0n) is 16.4. The molecule has 158 valence electrons. The molecule has 30 heavy (non-hydrogen) atoms. The zero-order chi connectivity index (χ0) is 21.3.